The SMILES string of the molecule is COC(=O)c1ccc(CC(C(=O)Nc2nccs2)C2CCOCC2)cc1. The van der Waals surface area contributed by atoms with Crippen LogP contribution in [-0.2, 0) is 20.7 Å². The summed E-state index contributed by atoms with van der Waals surface area (Å²) in [4.78, 5) is 28.6. The first-order valence-electron chi connectivity index (χ1n) is 8.62. The summed E-state index contributed by atoms with van der Waals surface area (Å²) in [5, 5.41) is 5.39. The molecule has 1 unspecified atom stereocenters. The summed E-state index contributed by atoms with van der Waals surface area (Å²) in [5.74, 6) is -0.265. The van der Waals surface area contributed by atoms with Gasteiger partial charge in [-0.2, -0.15) is 0 Å². The Kier molecular flexibility index (Phi) is 6.35. The summed E-state index contributed by atoms with van der Waals surface area (Å²) in [5.41, 5.74) is 1.52. The Bertz CT molecular complexity index is 725. The van der Waals surface area contributed by atoms with Crippen LogP contribution in [0.2, 0.25) is 0 Å². The molecule has 138 valence electrons. The van der Waals surface area contributed by atoms with Crippen LogP contribution in [0.3, 0.4) is 0 Å². The highest BCUT2D eigenvalue weighted by Gasteiger charge is 2.30. The van der Waals surface area contributed by atoms with Crippen molar-refractivity contribution in [3.63, 3.8) is 0 Å². The fraction of sp³-hybridized carbons (Fsp3) is 0.421. The van der Waals surface area contributed by atoms with Crippen LogP contribution in [0.15, 0.2) is 35.8 Å². The molecule has 1 N–H and O–H groups in total. The molecular weight excluding hydrogens is 352 g/mol. The van der Waals surface area contributed by atoms with Crippen molar-refractivity contribution >= 4 is 28.3 Å². The minimum Gasteiger partial charge on any atom is -0.465 e. The molecule has 0 spiro atoms. The lowest BCUT2D eigenvalue weighted by molar-refractivity contribution is -0.122. The van der Waals surface area contributed by atoms with Gasteiger partial charge in [0.2, 0.25) is 5.91 Å². The van der Waals surface area contributed by atoms with E-state index in [2.05, 4.69) is 10.3 Å². The predicted molar refractivity (Wildman–Crippen MR) is 99.3 cm³/mol. The smallest absolute Gasteiger partial charge is 0.337 e. The zero-order chi connectivity index (χ0) is 18.4. The molecule has 3 rings (SSSR count). The number of nitrogens with one attached hydrogen (secondary N) is 1. The second-order valence-corrected chi connectivity index (χ2v) is 7.17. The van der Waals surface area contributed by atoms with E-state index in [1.807, 2.05) is 17.5 Å². The van der Waals surface area contributed by atoms with Crippen LogP contribution in [0.25, 0.3) is 0 Å². The van der Waals surface area contributed by atoms with Gasteiger partial charge in [-0.25, -0.2) is 9.78 Å². The Morgan fingerprint density at radius 2 is 2.04 bits per heavy atom. The number of thiazole rings is 1. The molecule has 2 heterocycles. The lowest BCUT2D eigenvalue weighted by Crippen LogP contribution is -2.34. The van der Waals surface area contributed by atoms with E-state index in [1.165, 1.54) is 18.4 Å². The Balaban J connectivity index is 1.74. The van der Waals surface area contributed by atoms with Crippen LogP contribution in [0.1, 0.15) is 28.8 Å². The second-order valence-electron chi connectivity index (χ2n) is 6.28. The van der Waals surface area contributed by atoms with Crippen molar-refractivity contribution in [2.45, 2.75) is 19.3 Å². The molecule has 1 aliphatic rings. The second kappa shape index (κ2) is 8.91. The van der Waals surface area contributed by atoms with Gasteiger partial charge in [-0.1, -0.05) is 12.1 Å². The summed E-state index contributed by atoms with van der Waals surface area (Å²) >= 11 is 1.41. The summed E-state index contributed by atoms with van der Waals surface area (Å²) in [6.07, 6.45) is 4.03. The lowest BCUT2D eigenvalue weighted by Gasteiger charge is -2.29. The first-order chi connectivity index (χ1) is 12.7. The molecular formula is C19H22N2O4S. The molecule has 2 aromatic rings. The van der Waals surface area contributed by atoms with Crippen molar-refractivity contribution in [3.8, 4) is 0 Å². The van der Waals surface area contributed by atoms with Gasteiger partial charge in [0.25, 0.3) is 0 Å². The summed E-state index contributed by atoms with van der Waals surface area (Å²) in [7, 11) is 1.36. The van der Waals surface area contributed by atoms with Crippen molar-refractivity contribution in [2.24, 2.45) is 11.8 Å². The number of esters is 1. The first-order valence-corrected chi connectivity index (χ1v) is 9.50. The van der Waals surface area contributed by atoms with E-state index in [4.69, 9.17) is 9.47 Å². The average molecular weight is 374 g/mol. The van der Waals surface area contributed by atoms with E-state index in [-0.39, 0.29) is 23.7 Å². The van der Waals surface area contributed by atoms with E-state index < -0.39 is 0 Å². The molecule has 26 heavy (non-hydrogen) atoms. The molecule has 1 amide bonds. The minimum atomic E-state index is -0.362. The number of anilines is 1. The van der Waals surface area contributed by atoms with Crippen molar-refractivity contribution in [2.75, 3.05) is 25.6 Å². The van der Waals surface area contributed by atoms with Crippen LogP contribution in [0.5, 0.6) is 0 Å². The van der Waals surface area contributed by atoms with Gasteiger partial charge in [-0.3, -0.25) is 4.79 Å². The third-order valence-electron chi connectivity index (χ3n) is 4.66. The molecule has 0 aliphatic carbocycles. The molecule has 0 saturated carbocycles. The zero-order valence-electron chi connectivity index (χ0n) is 14.6. The van der Waals surface area contributed by atoms with Crippen molar-refractivity contribution < 1.29 is 19.1 Å². The van der Waals surface area contributed by atoms with Gasteiger partial charge in [0.15, 0.2) is 5.13 Å². The number of rotatable bonds is 6. The van der Waals surface area contributed by atoms with Crippen LogP contribution in [0, 0.1) is 11.8 Å². The van der Waals surface area contributed by atoms with Crippen LogP contribution in [0.4, 0.5) is 5.13 Å². The van der Waals surface area contributed by atoms with Crippen LogP contribution >= 0.6 is 11.3 Å². The van der Waals surface area contributed by atoms with Gasteiger partial charge >= 0.3 is 5.97 Å². The minimum absolute atomic E-state index is 0.0103. The van der Waals surface area contributed by atoms with Crippen molar-refractivity contribution in [1.82, 2.24) is 4.98 Å². The number of carbonyl (C=O) groups excluding carboxylic acids is 2. The van der Waals surface area contributed by atoms with E-state index in [1.54, 1.807) is 18.3 Å². The summed E-state index contributed by atoms with van der Waals surface area (Å²) in [6, 6.07) is 7.24. The quantitative estimate of drug-likeness (QED) is 0.786. The number of hydrogen-bond acceptors (Lipinski definition) is 6. The largest absolute Gasteiger partial charge is 0.465 e. The molecule has 1 atom stereocenters. The summed E-state index contributed by atoms with van der Waals surface area (Å²) in [6.45, 7) is 1.37. The fourth-order valence-electron chi connectivity index (χ4n) is 3.22. The number of methoxy groups -OCH3 is 1. The number of benzene rings is 1. The van der Waals surface area contributed by atoms with Gasteiger partial charge in [0.05, 0.1) is 12.7 Å². The average Bonchev–Trinajstić information content (AvgIpc) is 3.19. The highest BCUT2D eigenvalue weighted by atomic mass is 32.1. The van der Waals surface area contributed by atoms with Gasteiger partial charge in [-0.15, -0.1) is 11.3 Å². The molecule has 7 heteroatoms. The van der Waals surface area contributed by atoms with Gasteiger partial charge in [0, 0.05) is 30.7 Å². The van der Waals surface area contributed by atoms with Crippen LogP contribution < -0.4 is 5.32 Å². The zero-order valence-corrected chi connectivity index (χ0v) is 15.5. The standard InChI is InChI=1S/C19H22N2O4S/c1-24-18(23)15-4-2-13(3-5-15)12-16(14-6-9-25-10-7-14)17(22)21-19-20-8-11-26-19/h2-5,8,11,14,16H,6-7,9-10,12H2,1H3,(H,20,21,22). The Labute approximate surface area is 156 Å². The van der Waals surface area contributed by atoms with Crippen molar-refractivity contribution in [3.05, 3.63) is 47.0 Å². The molecule has 0 radical (unpaired) electrons. The monoisotopic (exact) mass is 374 g/mol. The Hall–Kier alpha value is -2.25. The maximum Gasteiger partial charge on any atom is 0.337 e. The molecule has 1 fully saturated rings. The molecule has 1 saturated heterocycles. The highest BCUT2D eigenvalue weighted by molar-refractivity contribution is 7.13. The van der Waals surface area contributed by atoms with E-state index in [9.17, 15) is 9.59 Å². The number of hydrogen-bond donors (Lipinski definition) is 1. The van der Waals surface area contributed by atoms with E-state index in [0.29, 0.717) is 30.3 Å². The predicted octanol–water partition coefficient (Wildman–Crippen LogP) is 3.15. The van der Waals surface area contributed by atoms with E-state index in [0.717, 1.165) is 18.4 Å². The molecule has 6 nitrogen and oxygen atoms in total. The molecule has 1 aliphatic heterocycles. The summed E-state index contributed by atoms with van der Waals surface area (Å²) < 4.78 is 10.2. The van der Waals surface area contributed by atoms with Gasteiger partial charge in [-0.05, 0) is 42.9 Å². The highest BCUT2D eigenvalue weighted by Crippen LogP contribution is 2.28. The van der Waals surface area contributed by atoms with E-state index >= 15 is 0 Å². The van der Waals surface area contributed by atoms with Crippen LogP contribution in [-0.4, -0.2) is 37.2 Å². The topological polar surface area (TPSA) is 77.5 Å². The maximum absolute atomic E-state index is 12.9. The molecule has 1 aromatic carbocycles. The van der Waals surface area contributed by atoms with Crippen molar-refractivity contribution in [1.29, 1.82) is 0 Å². The Morgan fingerprint density at radius 1 is 1.31 bits per heavy atom. The number of carbonyl (C=O) groups is 2. The molecule has 0 bridgehead atoms. The number of amides is 1. The number of nitrogens with zero attached hydrogens (tertiary/aromatic N) is 1. The molecule has 1 aromatic heterocycles. The number of aromatic nitrogens is 1. The third-order valence-corrected chi connectivity index (χ3v) is 5.35. The maximum atomic E-state index is 12.9. The normalized spacial score (nSPS) is 16.0. The lowest BCUT2D eigenvalue weighted by atomic mass is 9.81. The fourth-order valence-corrected chi connectivity index (χ4v) is 3.76. The third kappa shape index (κ3) is 4.68. The van der Waals surface area contributed by atoms with Gasteiger partial charge in [0.1, 0.15) is 0 Å². The Morgan fingerprint density at radius 3 is 2.65 bits per heavy atom. The number of ether oxygens (including phenoxy) is 2. The van der Waals surface area contributed by atoms with Gasteiger partial charge < -0.3 is 14.8 Å². The first kappa shape index (κ1) is 18.5.